The van der Waals surface area contributed by atoms with Crippen molar-refractivity contribution in [3.05, 3.63) is 56.7 Å². The Morgan fingerprint density at radius 1 is 1.30 bits per heavy atom. The highest BCUT2D eigenvalue weighted by molar-refractivity contribution is 9.10. The highest BCUT2D eigenvalue weighted by Gasteiger charge is 2.12. The van der Waals surface area contributed by atoms with Crippen LogP contribution in [0, 0.1) is 0 Å². The third-order valence-electron chi connectivity index (χ3n) is 2.62. The number of nitrogens with one attached hydrogen (secondary N) is 1. The van der Waals surface area contributed by atoms with E-state index in [-0.39, 0.29) is 5.91 Å². The summed E-state index contributed by atoms with van der Waals surface area (Å²) in [6.45, 7) is 0.408. The second kappa shape index (κ2) is 6.97. The summed E-state index contributed by atoms with van der Waals surface area (Å²) in [4.78, 5) is 16.2. The van der Waals surface area contributed by atoms with Gasteiger partial charge in [0, 0.05) is 33.5 Å². The first-order chi connectivity index (χ1) is 9.61. The molecular formula is C14H12Br2N2O2. The zero-order valence-corrected chi connectivity index (χ0v) is 13.9. The number of anilines is 1. The van der Waals surface area contributed by atoms with Crippen LogP contribution >= 0.6 is 31.9 Å². The van der Waals surface area contributed by atoms with E-state index in [1.165, 1.54) is 0 Å². The summed E-state index contributed by atoms with van der Waals surface area (Å²) in [5.74, 6) is -0.257. The normalized spacial score (nSPS) is 10.3. The quantitative estimate of drug-likeness (QED) is 0.845. The topological polar surface area (TPSA) is 51.2 Å². The second-order valence-corrected chi connectivity index (χ2v) is 5.78. The molecule has 1 amide bonds. The fourth-order valence-electron chi connectivity index (χ4n) is 1.66. The molecule has 4 nitrogen and oxygen atoms in total. The highest BCUT2D eigenvalue weighted by atomic mass is 79.9. The predicted octanol–water partition coefficient (Wildman–Crippen LogP) is 4.01. The molecule has 104 valence electrons. The summed E-state index contributed by atoms with van der Waals surface area (Å²) in [6.07, 6.45) is 1.59. The summed E-state index contributed by atoms with van der Waals surface area (Å²) in [7, 11) is 1.61. The molecular weight excluding hydrogens is 388 g/mol. The van der Waals surface area contributed by atoms with Gasteiger partial charge >= 0.3 is 0 Å². The summed E-state index contributed by atoms with van der Waals surface area (Å²) in [5.41, 5.74) is 1.95. The molecule has 0 bridgehead atoms. The Morgan fingerprint density at radius 2 is 2.10 bits per heavy atom. The van der Waals surface area contributed by atoms with Crippen molar-refractivity contribution in [3.8, 4) is 0 Å². The number of rotatable bonds is 4. The Labute approximate surface area is 133 Å². The molecule has 0 saturated carbocycles. The van der Waals surface area contributed by atoms with E-state index in [1.54, 1.807) is 25.4 Å². The standard InChI is InChI=1S/C14H12Br2N2O2/c1-20-8-10-11(16)3-2-4-12(10)18-14(19)13-6-5-9(15)7-17-13/h2-7H,8H2,1H3,(H,18,19). The van der Waals surface area contributed by atoms with Crippen molar-refractivity contribution in [2.75, 3.05) is 12.4 Å². The van der Waals surface area contributed by atoms with Crippen molar-refractivity contribution in [2.24, 2.45) is 0 Å². The Bertz CT molecular complexity index is 615. The first-order valence-corrected chi connectivity index (χ1v) is 7.39. The minimum Gasteiger partial charge on any atom is -0.380 e. The van der Waals surface area contributed by atoms with Crippen molar-refractivity contribution < 1.29 is 9.53 Å². The van der Waals surface area contributed by atoms with Crippen molar-refractivity contribution in [3.63, 3.8) is 0 Å². The maximum absolute atomic E-state index is 12.1. The van der Waals surface area contributed by atoms with Crippen LogP contribution in [0.15, 0.2) is 45.5 Å². The molecule has 1 aromatic heterocycles. The molecule has 6 heteroatoms. The van der Waals surface area contributed by atoms with Crippen LogP contribution in [-0.2, 0) is 11.3 Å². The number of pyridine rings is 1. The number of aromatic nitrogens is 1. The first-order valence-electron chi connectivity index (χ1n) is 5.81. The molecule has 0 fully saturated rings. The summed E-state index contributed by atoms with van der Waals surface area (Å²) in [6, 6.07) is 9.03. The van der Waals surface area contributed by atoms with Gasteiger partial charge in [-0.2, -0.15) is 0 Å². The fraction of sp³-hybridized carbons (Fsp3) is 0.143. The summed E-state index contributed by atoms with van der Waals surface area (Å²) >= 11 is 6.74. The number of hydrogen-bond donors (Lipinski definition) is 1. The lowest BCUT2D eigenvalue weighted by atomic mass is 10.2. The number of ether oxygens (including phenoxy) is 1. The van der Waals surface area contributed by atoms with Gasteiger partial charge in [0.2, 0.25) is 0 Å². The van der Waals surface area contributed by atoms with E-state index in [9.17, 15) is 4.79 Å². The monoisotopic (exact) mass is 398 g/mol. The molecule has 0 aliphatic carbocycles. The first kappa shape index (κ1) is 15.2. The molecule has 0 spiro atoms. The Hall–Kier alpha value is -1.24. The number of amides is 1. The maximum Gasteiger partial charge on any atom is 0.274 e. The molecule has 2 aromatic rings. The third kappa shape index (κ3) is 3.65. The van der Waals surface area contributed by atoms with Gasteiger partial charge < -0.3 is 10.1 Å². The van der Waals surface area contributed by atoms with Crippen LogP contribution in [-0.4, -0.2) is 18.0 Å². The Morgan fingerprint density at radius 3 is 2.75 bits per heavy atom. The van der Waals surface area contributed by atoms with E-state index in [2.05, 4.69) is 42.2 Å². The van der Waals surface area contributed by atoms with E-state index < -0.39 is 0 Å². The van der Waals surface area contributed by atoms with Crippen molar-refractivity contribution in [1.82, 2.24) is 4.98 Å². The van der Waals surface area contributed by atoms with Crippen LogP contribution in [0.4, 0.5) is 5.69 Å². The zero-order chi connectivity index (χ0) is 14.5. The molecule has 0 aliphatic heterocycles. The molecule has 0 aliphatic rings. The predicted molar refractivity (Wildman–Crippen MR) is 84.7 cm³/mol. The van der Waals surface area contributed by atoms with Gasteiger partial charge in [0.05, 0.1) is 6.61 Å². The van der Waals surface area contributed by atoms with Crippen LogP contribution in [0.3, 0.4) is 0 Å². The maximum atomic E-state index is 12.1. The van der Waals surface area contributed by atoms with E-state index in [0.29, 0.717) is 18.0 Å². The molecule has 2 rings (SSSR count). The molecule has 20 heavy (non-hydrogen) atoms. The molecule has 1 aromatic carbocycles. The van der Waals surface area contributed by atoms with Gasteiger partial charge in [-0.25, -0.2) is 4.98 Å². The van der Waals surface area contributed by atoms with Crippen molar-refractivity contribution in [2.45, 2.75) is 6.61 Å². The molecule has 1 N–H and O–H groups in total. The molecule has 0 unspecified atom stereocenters. The third-order valence-corrected chi connectivity index (χ3v) is 3.83. The van der Waals surface area contributed by atoms with Gasteiger partial charge in [-0.1, -0.05) is 22.0 Å². The van der Waals surface area contributed by atoms with Crippen molar-refractivity contribution >= 4 is 43.5 Å². The zero-order valence-electron chi connectivity index (χ0n) is 10.7. The van der Waals surface area contributed by atoms with Gasteiger partial charge in [0.25, 0.3) is 5.91 Å². The minimum atomic E-state index is -0.257. The van der Waals surface area contributed by atoms with Gasteiger partial charge in [-0.15, -0.1) is 0 Å². The SMILES string of the molecule is COCc1c(Br)cccc1NC(=O)c1ccc(Br)cn1. The number of hydrogen-bond acceptors (Lipinski definition) is 3. The van der Waals surface area contributed by atoms with Crippen LogP contribution in [0.1, 0.15) is 16.1 Å². The van der Waals surface area contributed by atoms with Crippen LogP contribution in [0.5, 0.6) is 0 Å². The minimum absolute atomic E-state index is 0.257. The number of carbonyl (C=O) groups is 1. The van der Waals surface area contributed by atoms with E-state index in [4.69, 9.17) is 4.74 Å². The molecule has 0 atom stereocenters. The average Bonchev–Trinajstić information content (AvgIpc) is 2.43. The van der Waals surface area contributed by atoms with Gasteiger partial charge in [-0.3, -0.25) is 4.79 Å². The van der Waals surface area contributed by atoms with Crippen LogP contribution < -0.4 is 5.32 Å². The lowest BCUT2D eigenvalue weighted by molar-refractivity contribution is 0.102. The molecule has 0 saturated heterocycles. The second-order valence-electron chi connectivity index (χ2n) is 4.01. The number of benzene rings is 1. The van der Waals surface area contributed by atoms with E-state index in [1.807, 2.05) is 18.2 Å². The summed E-state index contributed by atoms with van der Waals surface area (Å²) in [5, 5.41) is 2.85. The van der Waals surface area contributed by atoms with E-state index in [0.717, 1.165) is 14.5 Å². The van der Waals surface area contributed by atoms with Crippen LogP contribution in [0.25, 0.3) is 0 Å². The largest absolute Gasteiger partial charge is 0.380 e. The number of nitrogens with zero attached hydrogens (tertiary/aromatic N) is 1. The highest BCUT2D eigenvalue weighted by Crippen LogP contribution is 2.26. The number of halogens is 2. The van der Waals surface area contributed by atoms with Gasteiger partial charge in [-0.05, 0) is 40.2 Å². The Kier molecular flexibility index (Phi) is 5.28. The Balaban J connectivity index is 2.23. The molecule has 1 heterocycles. The van der Waals surface area contributed by atoms with Crippen LogP contribution in [0.2, 0.25) is 0 Å². The van der Waals surface area contributed by atoms with Crippen molar-refractivity contribution in [1.29, 1.82) is 0 Å². The lowest BCUT2D eigenvalue weighted by Crippen LogP contribution is -2.15. The van der Waals surface area contributed by atoms with E-state index >= 15 is 0 Å². The number of methoxy groups -OCH3 is 1. The average molecular weight is 400 g/mol. The fourth-order valence-corrected chi connectivity index (χ4v) is 2.38. The van der Waals surface area contributed by atoms with Gasteiger partial charge in [0.1, 0.15) is 5.69 Å². The smallest absolute Gasteiger partial charge is 0.274 e. The number of carbonyl (C=O) groups excluding carboxylic acids is 1. The molecule has 0 radical (unpaired) electrons. The van der Waals surface area contributed by atoms with Gasteiger partial charge in [0.15, 0.2) is 0 Å². The summed E-state index contributed by atoms with van der Waals surface area (Å²) < 4.78 is 6.87. The lowest BCUT2D eigenvalue weighted by Gasteiger charge is -2.12.